The summed E-state index contributed by atoms with van der Waals surface area (Å²) in [7, 11) is 1.96. The van der Waals surface area contributed by atoms with Gasteiger partial charge in [0.05, 0.1) is 15.9 Å². The molecule has 6 heteroatoms. The third kappa shape index (κ3) is 5.79. The number of nitrogens with one attached hydrogen (secondary N) is 1. The number of halogens is 1. The number of rotatable bonds is 9. The maximum absolute atomic E-state index is 10.6. The molecular weight excluding hydrogens is 334 g/mol. The predicted molar refractivity (Wildman–Crippen MR) is 87.3 cm³/mol. The van der Waals surface area contributed by atoms with Gasteiger partial charge in [0.2, 0.25) is 0 Å². The first kappa shape index (κ1) is 18.2. The Labute approximate surface area is 135 Å². The van der Waals surface area contributed by atoms with E-state index in [1.807, 2.05) is 11.7 Å². The van der Waals surface area contributed by atoms with Crippen LogP contribution in [-0.2, 0) is 24.8 Å². The number of carboxylic acid groups (broad SMARTS) is 1. The molecule has 0 bridgehead atoms. The van der Waals surface area contributed by atoms with Crippen molar-refractivity contribution in [2.45, 2.75) is 53.0 Å². The molecule has 21 heavy (non-hydrogen) atoms. The monoisotopic (exact) mass is 359 g/mol. The van der Waals surface area contributed by atoms with Gasteiger partial charge in [-0.1, -0.05) is 20.8 Å². The van der Waals surface area contributed by atoms with Crippen LogP contribution in [0, 0.1) is 5.41 Å². The number of aromatic nitrogens is 2. The highest BCUT2D eigenvalue weighted by Gasteiger charge is 2.19. The molecule has 0 aliphatic heterocycles. The van der Waals surface area contributed by atoms with Crippen LogP contribution in [-0.4, -0.2) is 27.4 Å². The maximum Gasteiger partial charge on any atom is 0.303 e. The molecule has 0 saturated carbocycles. The molecule has 0 aliphatic carbocycles. The van der Waals surface area contributed by atoms with E-state index in [0.717, 1.165) is 41.8 Å². The van der Waals surface area contributed by atoms with E-state index in [9.17, 15) is 4.79 Å². The first-order chi connectivity index (χ1) is 9.76. The number of nitrogens with zero attached hydrogens (tertiary/aromatic N) is 2. The standard InChI is InChI=1S/C15H26BrN3O2/c1-5-11-14(16)12(19(4)18-11)10-17-9-8-15(2,3)7-6-13(20)21/h17H,5-10H2,1-4H3,(H,20,21). The Morgan fingerprint density at radius 2 is 2.10 bits per heavy atom. The van der Waals surface area contributed by atoms with Crippen LogP contribution in [0.1, 0.15) is 51.4 Å². The van der Waals surface area contributed by atoms with Gasteiger partial charge < -0.3 is 10.4 Å². The zero-order valence-corrected chi connectivity index (χ0v) is 15.0. The van der Waals surface area contributed by atoms with Crippen molar-refractivity contribution in [3.05, 3.63) is 15.9 Å². The van der Waals surface area contributed by atoms with Crippen LogP contribution in [0.4, 0.5) is 0 Å². The van der Waals surface area contributed by atoms with Crippen LogP contribution in [0.15, 0.2) is 4.47 Å². The van der Waals surface area contributed by atoms with Crippen LogP contribution in [0.25, 0.3) is 0 Å². The van der Waals surface area contributed by atoms with Gasteiger partial charge >= 0.3 is 5.97 Å². The molecule has 0 atom stereocenters. The lowest BCUT2D eigenvalue weighted by molar-refractivity contribution is -0.137. The zero-order valence-electron chi connectivity index (χ0n) is 13.4. The van der Waals surface area contributed by atoms with E-state index >= 15 is 0 Å². The molecule has 0 unspecified atom stereocenters. The topological polar surface area (TPSA) is 67.2 Å². The molecule has 1 aromatic heterocycles. The number of hydrogen-bond acceptors (Lipinski definition) is 3. The summed E-state index contributed by atoms with van der Waals surface area (Å²) in [5.74, 6) is -0.720. The van der Waals surface area contributed by atoms with Crippen LogP contribution in [0.2, 0.25) is 0 Å². The summed E-state index contributed by atoms with van der Waals surface area (Å²) >= 11 is 3.61. The summed E-state index contributed by atoms with van der Waals surface area (Å²) in [5.41, 5.74) is 2.27. The minimum atomic E-state index is -0.720. The van der Waals surface area contributed by atoms with Crippen LogP contribution < -0.4 is 5.32 Å². The Hall–Kier alpha value is -0.880. The fraction of sp³-hybridized carbons (Fsp3) is 0.733. The third-order valence-corrected chi connectivity index (χ3v) is 4.70. The second-order valence-electron chi connectivity index (χ2n) is 6.17. The second-order valence-corrected chi connectivity index (χ2v) is 6.96. The predicted octanol–water partition coefficient (Wildman–Crippen LogP) is 3.12. The van der Waals surface area contributed by atoms with Gasteiger partial charge in [-0.3, -0.25) is 9.48 Å². The van der Waals surface area contributed by atoms with Gasteiger partial charge in [-0.05, 0) is 47.2 Å². The van der Waals surface area contributed by atoms with Gasteiger partial charge in [-0.15, -0.1) is 0 Å². The first-order valence-electron chi connectivity index (χ1n) is 7.39. The number of carboxylic acids is 1. The second kappa shape index (κ2) is 7.94. The van der Waals surface area contributed by atoms with Crippen LogP contribution in [0.3, 0.4) is 0 Å². The van der Waals surface area contributed by atoms with Crippen molar-refractivity contribution >= 4 is 21.9 Å². The summed E-state index contributed by atoms with van der Waals surface area (Å²) in [4.78, 5) is 10.6. The highest BCUT2D eigenvalue weighted by atomic mass is 79.9. The van der Waals surface area contributed by atoms with Gasteiger partial charge in [0.25, 0.3) is 0 Å². The summed E-state index contributed by atoms with van der Waals surface area (Å²) in [6, 6.07) is 0. The molecule has 0 aromatic carbocycles. The molecular formula is C15H26BrN3O2. The minimum absolute atomic E-state index is 0.0453. The largest absolute Gasteiger partial charge is 0.481 e. The average Bonchev–Trinajstić information content (AvgIpc) is 2.68. The summed E-state index contributed by atoms with van der Waals surface area (Å²) in [5, 5.41) is 16.6. The van der Waals surface area contributed by atoms with E-state index in [1.54, 1.807) is 0 Å². The van der Waals surface area contributed by atoms with Crippen LogP contribution in [0.5, 0.6) is 0 Å². The zero-order chi connectivity index (χ0) is 16.0. The molecule has 1 heterocycles. The van der Waals surface area contributed by atoms with Crippen molar-refractivity contribution in [3.63, 3.8) is 0 Å². The Morgan fingerprint density at radius 3 is 2.62 bits per heavy atom. The van der Waals surface area contributed by atoms with Gasteiger partial charge in [-0.25, -0.2) is 0 Å². The van der Waals surface area contributed by atoms with E-state index in [2.05, 4.69) is 47.1 Å². The average molecular weight is 360 g/mol. The van der Waals surface area contributed by atoms with Crippen molar-refractivity contribution in [3.8, 4) is 0 Å². The Morgan fingerprint density at radius 1 is 1.43 bits per heavy atom. The highest BCUT2D eigenvalue weighted by molar-refractivity contribution is 9.10. The molecule has 1 aromatic rings. The van der Waals surface area contributed by atoms with Gasteiger partial charge in [0, 0.05) is 20.0 Å². The van der Waals surface area contributed by atoms with Gasteiger partial charge in [-0.2, -0.15) is 5.10 Å². The number of aliphatic carboxylic acids is 1. The Kier molecular flexibility index (Phi) is 6.87. The lowest BCUT2D eigenvalue weighted by Gasteiger charge is -2.23. The summed E-state index contributed by atoms with van der Waals surface area (Å²) in [6.45, 7) is 7.96. The highest BCUT2D eigenvalue weighted by Crippen LogP contribution is 2.26. The van der Waals surface area contributed by atoms with Gasteiger partial charge in [0.1, 0.15) is 0 Å². The lowest BCUT2D eigenvalue weighted by Crippen LogP contribution is -2.23. The molecule has 0 aliphatic rings. The molecule has 0 radical (unpaired) electrons. The number of hydrogen-bond donors (Lipinski definition) is 2. The van der Waals surface area contributed by atoms with Crippen molar-refractivity contribution in [1.29, 1.82) is 0 Å². The molecule has 2 N–H and O–H groups in total. The van der Waals surface area contributed by atoms with Crippen molar-refractivity contribution < 1.29 is 9.90 Å². The SMILES string of the molecule is CCc1nn(C)c(CNCCC(C)(C)CCC(=O)O)c1Br. The Bertz CT molecular complexity index is 484. The first-order valence-corrected chi connectivity index (χ1v) is 8.19. The quantitative estimate of drug-likeness (QED) is 0.664. The van der Waals surface area contributed by atoms with Crippen molar-refractivity contribution in [1.82, 2.24) is 15.1 Å². The smallest absolute Gasteiger partial charge is 0.303 e. The van der Waals surface area contributed by atoms with Gasteiger partial charge in [0.15, 0.2) is 0 Å². The van der Waals surface area contributed by atoms with Crippen molar-refractivity contribution in [2.75, 3.05) is 6.54 Å². The van der Waals surface area contributed by atoms with E-state index in [-0.39, 0.29) is 11.8 Å². The normalized spacial score (nSPS) is 11.9. The van der Waals surface area contributed by atoms with Crippen LogP contribution >= 0.6 is 15.9 Å². The molecule has 0 spiro atoms. The number of aryl methyl sites for hydroxylation is 2. The summed E-state index contributed by atoms with van der Waals surface area (Å²) < 4.78 is 3.00. The van der Waals surface area contributed by atoms with E-state index in [1.165, 1.54) is 0 Å². The molecule has 0 fully saturated rings. The maximum atomic E-state index is 10.6. The third-order valence-electron chi connectivity index (χ3n) is 3.79. The number of carbonyl (C=O) groups is 1. The minimum Gasteiger partial charge on any atom is -0.481 e. The van der Waals surface area contributed by atoms with E-state index < -0.39 is 5.97 Å². The summed E-state index contributed by atoms with van der Waals surface area (Å²) in [6.07, 6.45) is 2.81. The molecule has 0 amide bonds. The molecule has 120 valence electrons. The molecule has 0 saturated heterocycles. The molecule has 1 rings (SSSR count). The fourth-order valence-electron chi connectivity index (χ4n) is 2.22. The fourth-order valence-corrected chi connectivity index (χ4v) is 2.97. The van der Waals surface area contributed by atoms with E-state index in [0.29, 0.717) is 6.42 Å². The molecule has 5 nitrogen and oxygen atoms in total. The van der Waals surface area contributed by atoms with E-state index in [4.69, 9.17) is 5.11 Å². The Balaban J connectivity index is 2.40. The van der Waals surface area contributed by atoms with Crippen molar-refractivity contribution in [2.24, 2.45) is 12.5 Å². The lowest BCUT2D eigenvalue weighted by atomic mass is 9.84.